The topological polar surface area (TPSA) is 28.2 Å². The van der Waals surface area contributed by atoms with Crippen molar-refractivity contribution in [3.05, 3.63) is 18.3 Å². The lowest BCUT2D eigenvalue weighted by molar-refractivity contribution is 0.336. The summed E-state index contributed by atoms with van der Waals surface area (Å²) in [7, 11) is 4.12. The molecule has 0 aliphatic heterocycles. The maximum Gasteiger partial charge on any atom is 0.127 e. The van der Waals surface area contributed by atoms with Gasteiger partial charge in [0.1, 0.15) is 5.82 Å². The number of nitrogens with zero attached hydrogens (tertiary/aromatic N) is 2. The molecule has 1 saturated carbocycles. The van der Waals surface area contributed by atoms with Crippen molar-refractivity contribution in [2.45, 2.75) is 38.6 Å². The highest BCUT2D eigenvalue weighted by atomic mass is 15.1. The van der Waals surface area contributed by atoms with Gasteiger partial charge < -0.3 is 10.2 Å². The zero-order valence-electron chi connectivity index (χ0n) is 11.1. The monoisotopic (exact) mass is 233 g/mol. The smallest absolute Gasteiger partial charge is 0.127 e. The molecule has 1 fully saturated rings. The Morgan fingerprint density at radius 1 is 1.41 bits per heavy atom. The zero-order valence-corrected chi connectivity index (χ0v) is 11.1. The van der Waals surface area contributed by atoms with Crippen LogP contribution in [0.2, 0.25) is 0 Å². The summed E-state index contributed by atoms with van der Waals surface area (Å²) in [6, 6.07) is 4.91. The fourth-order valence-electron chi connectivity index (χ4n) is 2.74. The molecular formula is C14H23N3. The van der Waals surface area contributed by atoms with Crippen molar-refractivity contribution < 1.29 is 0 Å². The van der Waals surface area contributed by atoms with E-state index in [9.17, 15) is 0 Å². The lowest BCUT2D eigenvalue weighted by atomic mass is 9.86. The van der Waals surface area contributed by atoms with Crippen molar-refractivity contribution in [1.82, 2.24) is 4.98 Å². The number of hydrogen-bond acceptors (Lipinski definition) is 3. The van der Waals surface area contributed by atoms with E-state index in [0.29, 0.717) is 6.04 Å². The average molecular weight is 233 g/mol. The van der Waals surface area contributed by atoms with Gasteiger partial charge in [-0.1, -0.05) is 19.8 Å². The largest absolute Gasteiger partial charge is 0.373 e. The number of nitrogens with one attached hydrogen (secondary N) is 1. The van der Waals surface area contributed by atoms with Crippen molar-refractivity contribution in [1.29, 1.82) is 0 Å². The third-order valence-corrected chi connectivity index (χ3v) is 3.86. The van der Waals surface area contributed by atoms with Crippen molar-refractivity contribution in [3.8, 4) is 0 Å². The van der Waals surface area contributed by atoms with Crippen molar-refractivity contribution >= 4 is 11.5 Å². The minimum atomic E-state index is 0.686. The number of anilines is 2. The minimum absolute atomic E-state index is 0.686. The normalized spacial score (nSPS) is 24.4. The molecule has 1 aromatic rings. The lowest BCUT2D eigenvalue weighted by Crippen LogP contribution is -2.35. The number of hydrogen-bond donors (Lipinski definition) is 1. The molecule has 1 N–H and O–H groups in total. The summed E-state index contributed by atoms with van der Waals surface area (Å²) in [5, 5.41) is 3.10. The Bertz CT molecular complexity index is 364. The van der Waals surface area contributed by atoms with Gasteiger partial charge in [-0.2, -0.15) is 0 Å². The third-order valence-electron chi connectivity index (χ3n) is 3.86. The molecule has 2 atom stereocenters. The van der Waals surface area contributed by atoms with Crippen LogP contribution in [0.4, 0.5) is 11.5 Å². The highest BCUT2D eigenvalue weighted by Gasteiger charge is 2.22. The van der Waals surface area contributed by atoms with Crippen LogP contribution in [0.3, 0.4) is 0 Å². The maximum absolute atomic E-state index is 4.26. The Hall–Kier alpha value is -1.25. The van der Waals surface area contributed by atoms with Gasteiger partial charge in [-0.15, -0.1) is 0 Å². The van der Waals surface area contributed by atoms with Gasteiger partial charge in [0.15, 0.2) is 0 Å². The van der Waals surface area contributed by atoms with Crippen LogP contribution < -0.4 is 10.2 Å². The number of rotatable bonds is 3. The molecule has 0 radical (unpaired) electrons. The molecule has 3 heteroatoms. The predicted octanol–water partition coefficient (Wildman–Crippen LogP) is 3.14. The SMILES string of the molecule is CNc1cc(N(C)C2CCCC(C)C2)ccn1. The van der Waals surface area contributed by atoms with Gasteiger partial charge in [0.25, 0.3) is 0 Å². The minimum Gasteiger partial charge on any atom is -0.373 e. The summed E-state index contributed by atoms with van der Waals surface area (Å²) in [5.74, 6) is 1.81. The van der Waals surface area contributed by atoms with Crippen LogP contribution in [-0.2, 0) is 0 Å². The molecule has 0 amide bonds. The molecule has 1 aliphatic rings. The second kappa shape index (κ2) is 5.39. The van der Waals surface area contributed by atoms with E-state index >= 15 is 0 Å². The summed E-state index contributed by atoms with van der Waals surface area (Å²) in [6.07, 6.45) is 7.26. The molecule has 0 aromatic carbocycles. The van der Waals surface area contributed by atoms with Gasteiger partial charge in [-0.25, -0.2) is 4.98 Å². The molecular weight excluding hydrogens is 210 g/mol. The molecule has 1 aliphatic carbocycles. The Balaban J connectivity index is 2.09. The summed E-state index contributed by atoms with van der Waals surface area (Å²) in [5.41, 5.74) is 1.27. The van der Waals surface area contributed by atoms with Crippen molar-refractivity contribution in [2.24, 2.45) is 5.92 Å². The fraction of sp³-hybridized carbons (Fsp3) is 0.643. The van der Waals surface area contributed by atoms with Crippen LogP contribution in [0.5, 0.6) is 0 Å². The quantitative estimate of drug-likeness (QED) is 0.869. The summed E-state index contributed by atoms with van der Waals surface area (Å²) < 4.78 is 0. The molecule has 3 nitrogen and oxygen atoms in total. The first-order valence-corrected chi connectivity index (χ1v) is 6.57. The zero-order chi connectivity index (χ0) is 12.3. The van der Waals surface area contributed by atoms with E-state index in [0.717, 1.165) is 11.7 Å². The molecule has 0 bridgehead atoms. The maximum atomic E-state index is 4.26. The molecule has 1 aromatic heterocycles. The predicted molar refractivity (Wildman–Crippen MR) is 73.6 cm³/mol. The lowest BCUT2D eigenvalue weighted by Gasteiger charge is -2.35. The first-order chi connectivity index (χ1) is 8.20. The molecule has 17 heavy (non-hydrogen) atoms. The molecule has 94 valence electrons. The number of pyridine rings is 1. The van der Waals surface area contributed by atoms with E-state index in [1.807, 2.05) is 13.2 Å². The van der Waals surface area contributed by atoms with Gasteiger partial charge in [0, 0.05) is 38.1 Å². The van der Waals surface area contributed by atoms with Gasteiger partial charge in [-0.05, 0) is 24.8 Å². The van der Waals surface area contributed by atoms with Gasteiger partial charge >= 0.3 is 0 Å². The highest BCUT2D eigenvalue weighted by molar-refractivity contribution is 5.53. The van der Waals surface area contributed by atoms with E-state index in [4.69, 9.17) is 0 Å². The van der Waals surface area contributed by atoms with E-state index < -0.39 is 0 Å². The second-order valence-corrected chi connectivity index (χ2v) is 5.19. The van der Waals surface area contributed by atoms with Crippen LogP contribution in [-0.4, -0.2) is 25.1 Å². The average Bonchev–Trinajstić information content (AvgIpc) is 2.38. The molecule has 0 spiro atoms. The highest BCUT2D eigenvalue weighted by Crippen LogP contribution is 2.29. The van der Waals surface area contributed by atoms with E-state index in [-0.39, 0.29) is 0 Å². The summed E-state index contributed by atoms with van der Waals surface area (Å²) in [6.45, 7) is 2.37. The molecule has 2 unspecified atom stereocenters. The molecule has 1 heterocycles. The van der Waals surface area contributed by atoms with Crippen molar-refractivity contribution in [3.63, 3.8) is 0 Å². The van der Waals surface area contributed by atoms with Crippen LogP contribution in [0.15, 0.2) is 18.3 Å². The van der Waals surface area contributed by atoms with E-state index in [2.05, 4.69) is 41.3 Å². The summed E-state index contributed by atoms with van der Waals surface area (Å²) >= 11 is 0. The molecule has 0 saturated heterocycles. The van der Waals surface area contributed by atoms with E-state index in [1.165, 1.54) is 31.4 Å². The Morgan fingerprint density at radius 2 is 2.24 bits per heavy atom. The van der Waals surface area contributed by atoms with Crippen molar-refractivity contribution in [2.75, 3.05) is 24.3 Å². The standard InChI is InChI=1S/C14H23N3/c1-11-5-4-6-12(9-11)17(3)13-7-8-16-14(10-13)15-2/h7-8,10-12H,4-6,9H2,1-3H3,(H,15,16). The molecule has 2 rings (SSSR count). The van der Waals surface area contributed by atoms with Crippen LogP contribution in [0, 0.1) is 5.92 Å². The Morgan fingerprint density at radius 3 is 2.94 bits per heavy atom. The third kappa shape index (κ3) is 2.90. The van der Waals surface area contributed by atoms with Gasteiger partial charge in [0.2, 0.25) is 0 Å². The second-order valence-electron chi connectivity index (χ2n) is 5.19. The van der Waals surface area contributed by atoms with Gasteiger partial charge in [0.05, 0.1) is 0 Å². The Labute approximate surface area is 104 Å². The van der Waals surface area contributed by atoms with Crippen LogP contribution in [0.1, 0.15) is 32.6 Å². The van der Waals surface area contributed by atoms with Crippen LogP contribution >= 0.6 is 0 Å². The van der Waals surface area contributed by atoms with E-state index in [1.54, 1.807) is 0 Å². The first kappa shape index (κ1) is 12.2. The number of aromatic nitrogens is 1. The van der Waals surface area contributed by atoms with Crippen LogP contribution in [0.25, 0.3) is 0 Å². The summed E-state index contributed by atoms with van der Waals surface area (Å²) in [4.78, 5) is 6.68. The fourth-order valence-corrected chi connectivity index (χ4v) is 2.74. The first-order valence-electron chi connectivity index (χ1n) is 6.57. The van der Waals surface area contributed by atoms with Gasteiger partial charge in [-0.3, -0.25) is 0 Å². The Kier molecular flexibility index (Phi) is 3.87.